The lowest BCUT2D eigenvalue weighted by atomic mass is 10.2. The molecule has 0 atom stereocenters. The molecule has 0 aliphatic heterocycles. The van der Waals surface area contributed by atoms with Gasteiger partial charge < -0.3 is 5.32 Å². The van der Waals surface area contributed by atoms with E-state index in [9.17, 15) is 21.6 Å². The Morgan fingerprint density at radius 1 is 1.26 bits per heavy atom. The van der Waals surface area contributed by atoms with Crippen LogP contribution in [-0.4, -0.2) is 27.0 Å². The number of alkyl halides is 3. The lowest BCUT2D eigenvalue weighted by Gasteiger charge is -2.11. The van der Waals surface area contributed by atoms with Gasteiger partial charge in [-0.1, -0.05) is 15.9 Å². The minimum absolute atomic E-state index is 0.000130. The van der Waals surface area contributed by atoms with Gasteiger partial charge in [0.25, 0.3) is 0 Å². The fourth-order valence-corrected chi connectivity index (χ4v) is 2.58. The molecule has 1 aromatic carbocycles. The van der Waals surface area contributed by atoms with Crippen LogP contribution in [0.25, 0.3) is 0 Å². The summed E-state index contributed by atoms with van der Waals surface area (Å²) in [7, 11) is -3.05. The predicted octanol–water partition coefficient (Wildman–Crippen LogP) is 3.31. The fraction of sp³-hybridized carbons (Fsp3) is 0.455. The number of hydrogen-bond donors (Lipinski definition) is 1. The Hall–Kier alpha value is -0.760. The summed E-state index contributed by atoms with van der Waals surface area (Å²) in [5.41, 5.74) is -0.456. The van der Waals surface area contributed by atoms with E-state index in [4.69, 9.17) is 0 Å². The normalized spacial score (nSPS) is 12.5. The van der Waals surface area contributed by atoms with E-state index < -0.39 is 21.6 Å². The Morgan fingerprint density at radius 3 is 2.42 bits per heavy atom. The largest absolute Gasteiger partial charge is 0.416 e. The number of hydrogen-bond acceptors (Lipinski definition) is 3. The fourth-order valence-electron chi connectivity index (χ4n) is 1.42. The van der Waals surface area contributed by atoms with Gasteiger partial charge in [-0.3, -0.25) is 0 Å². The van der Waals surface area contributed by atoms with E-state index >= 15 is 0 Å². The van der Waals surface area contributed by atoms with Gasteiger partial charge in [0.2, 0.25) is 0 Å². The standard InChI is InChI=1S/C11H13BrF3NO2S/c1-19(17,18)4-2-3-16-10-6-8(11(13,14)15)5-9(12)7-10/h5-7,16H,2-4H2,1H3. The van der Waals surface area contributed by atoms with Gasteiger partial charge in [-0.25, -0.2) is 8.42 Å². The molecule has 0 fully saturated rings. The molecule has 0 aliphatic carbocycles. The number of benzene rings is 1. The summed E-state index contributed by atoms with van der Waals surface area (Å²) in [5, 5.41) is 2.78. The molecule has 1 N–H and O–H groups in total. The van der Waals surface area contributed by atoms with Crippen LogP contribution in [-0.2, 0) is 16.0 Å². The SMILES string of the molecule is CS(=O)(=O)CCCNc1cc(Br)cc(C(F)(F)F)c1. The second-order valence-electron chi connectivity index (χ2n) is 4.14. The quantitative estimate of drug-likeness (QED) is 0.820. The Morgan fingerprint density at radius 2 is 1.89 bits per heavy atom. The first kappa shape index (κ1) is 16.3. The van der Waals surface area contributed by atoms with Gasteiger partial charge in [0.05, 0.1) is 11.3 Å². The average molecular weight is 360 g/mol. The maximum atomic E-state index is 12.6. The first-order valence-electron chi connectivity index (χ1n) is 5.37. The summed E-state index contributed by atoms with van der Waals surface area (Å²) in [6.07, 6.45) is -2.95. The third kappa shape index (κ3) is 6.29. The highest BCUT2D eigenvalue weighted by Crippen LogP contribution is 2.33. The maximum Gasteiger partial charge on any atom is 0.416 e. The van der Waals surface area contributed by atoms with Gasteiger partial charge in [0, 0.05) is 23.0 Å². The maximum absolute atomic E-state index is 12.6. The van der Waals surface area contributed by atoms with Crippen LogP contribution in [0.1, 0.15) is 12.0 Å². The lowest BCUT2D eigenvalue weighted by Crippen LogP contribution is -2.11. The van der Waals surface area contributed by atoms with Crippen LogP contribution >= 0.6 is 15.9 Å². The Kier molecular flexibility index (Phi) is 5.26. The van der Waals surface area contributed by atoms with Gasteiger partial charge in [-0.15, -0.1) is 0 Å². The summed E-state index contributed by atoms with van der Waals surface area (Å²) < 4.78 is 59.8. The molecule has 0 aromatic heterocycles. The minimum atomic E-state index is -4.41. The molecule has 0 heterocycles. The molecule has 0 saturated carbocycles. The van der Waals surface area contributed by atoms with Crippen molar-refractivity contribution in [3.63, 3.8) is 0 Å². The van der Waals surface area contributed by atoms with Crippen molar-refractivity contribution in [2.45, 2.75) is 12.6 Å². The van der Waals surface area contributed by atoms with Crippen molar-refractivity contribution in [1.82, 2.24) is 0 Å². The molecule has 8 heteroatoms. The van der Waals surface area contributed by atoms with Gasteiger partial charge in [0.15, 0.2) is 0 Å². The van der Waals surface area contributed by atoms with Crippen LogP contribution in [0.4, 0.5) is 18.9 Å². The molecule has 1 aromatic rings. The van der Waals surface area contributed by atoms with Gasteiger partial charge >= 0.3 is 6.18 Å². The Balaban J connectivity index is 2.67. The van der Waals surface area contributed by atoms with Crippen molar-refractivity contribution in [3.8, 4) is 0 Å². The van der Waals surface area contributed by atoms with Crippen LogP contribution in [0.3, 0.4) is 0 Å². The van der Waals surface area contributed by atoms with E-state index in [-0.39, 0.29) is 5.75 Å². The second kappa shape index (κ2) is 6.13. The minimum Gasteiger partial charge on any atom is -0.385 e. The van der Waals surface area contributed by atoms with E-state index in [0.29, 0.717) is 23.1 Å². The number of anilines is 1. The first-order chi connectivity index (χ1) is 8.58. The highest BCUT2D eigenvalue weighted by atomic mass is 79.9. The molecule has 0 amide bonds. The molecule has 0 saturated heterocycles. The van der Waals surface area contributed by atoms with Crippen molar-refractivity contribution in [2.75, 3.05) is 23.9 Å². The number of halogens is 4. The molecule has 0 aliphatic rings. The number of nitrogens with one attached hydrogen (secondary N) is 1. The van der Waals surface area contributed by atoms with E-state index in [1.807, 2.05) is 0 Å². The lowest BCUT2D eigenvalue weighted by molar-refractivity contribution is -0.137. The Bertz CT molecular complexity index is 543. The molecule has 19 heavy (non-hydrogen) atoms. The molecular formula is C11H13BrF3NO2S. The van der Waals surface area contributed by atoms with Crippen molar-refractivity contribution in [3.05, 3.63) is 28.2 Å². The summed E-state index contributed by atoms with van der Waals surface area (Å²) in [4.78, 5) is 0. The Labute approximate surface area is 118 Å². The van der Waals surface area contributed by atoms with Crippen molar-refractivity contribution in [1.29, 1.82) is 0 Å². The van der Waals surface area contributed by atoms with Gasteiger partial charge in [-0.05, 0) is 24.6 Å². The van der Waals surface area contributed by atoms with Crippen LogP contribution in [0.5, 0.6) is 0 Å². The molecule has 0 bridgehead atoms. The van der Waals surface area contributed by atoms with Crippen molar-refractivity contribution < 1.29 is 21.6 Å². The molecule has 0 radical (unpaired) electrons. The molecule has 0 spiro atoms. The zero-order valence-corrected chi connectivity index (χ0v) is 12.5. The summed E-state index contributed by atoms with van der Waals surface area (Å²) in [5.74, 6) is 0.000130. The summed E-state index contributed by atoms with van der Waals surface area (Å²) in [6, 6.07) is 3.49. The number of rotatable bonds is 5. The van der Waals surface area contributed by atoms with Crippen LogP contribution in [0.2, 0.25) is 0 Å². The van der Waals surface area contributed by atoms with Gasteiger partial charge in [-0.2, -0.15) is 13.2 Å². The van der Waals surface area contributed by atoms with E-state index in [1.54, 1.807) is 0 Å². The highest BCUT2D eigenvalue weighted by molar-refractivity contribution is 9.10. The van der Waals surface area contributed by atoms with Crippen LogP contribution in [0.15, 0.2) is 22.7 Å². The van der Waals surface area contributed by atoms with E-state index in [0.717, 1.165) is 18.4 Å². The van der Waals surface area contributed by atoms with Crippen LogP contribution < -0.4 is 5.32 Å². The zero-order valence-electron chi connectivity index (χ0n) is 10.1. The first-order valence-corrected chi connectivity index (χ1v) is 8.23. The monoisotopic (exact) mass is 359 g/mol. The van der Waals surface area contributed by atoms with E-state index in [2.05, 4.69) is 21.2 Å². The second-order valence-corrected chi connectivity index (χ2v) is 7.31. The third-order valence-corrected chi connectivity index (χ3v) is 3.73. The number of sulfone groups is 1. The zero-order chi connectivity index (χ0) is 14.7. The molecule has 108 valence electrons. The summed E-state index contributed by atoms with van der Waals surface area (Å²) >= 11 is 3.01. The van der Waals surface area contributed by atoms with E-state index in [1.165, 1.54) is 6.07 Å². The molecular weight excluding hydrogens is 347 g/mol. The smallest absolute Gasteiger partial charge is 0.385 e. The third-order valence-electron chi connectivity index (χ3n) is 2.25. The van der Waals surface area contributed by atoms with Crippen LogP contribution in [0, 0.1) is 0 Å². The van der Waals surface area contributed by atoms with Crippen molar-refractivity contribution in [2.24, 2.45) is 0 Å². The topological polar surface area (TPSA) is 46.2 Å². The molecule has 1 rings (SSSR count). The molecule has 0 unspecified atom stereocenters. The highest BCUT2D eigenvalue weighted by Gasteiger charge is 2.31. The molecule has 3 nitrogen and oxygen atoms in total. The van der Waals surface area contributed by atoms with Crippen molar-refractivity contribution >= 4 is 31.5 Å². The predicted molar refractivity (Wildman–Crippen MR) is 72.0 cm³/mol. The summed E-state index contributed by atoms with van der Waals surface area (Å²) in [6.45, 7) is 0.292. The van der Waals surface area contributed by atoms with Gasteiger partial charge in [0.1, 0.15) is 9.84 Å². The average Bonchev–Trinajstić information content (AvgIpc) is 2.21.